The summed E-state index contributed by atoms with van der Waals surface area (Å²) < 4.78 is 5.51. The number of nitrogen functional groups attached to an aromatic ring is 1. The molecule has 5 heteroatoms. The number of ether oxygens (including phenoxy) is 1. The highest BCUT2D eigenvalue weighted by Gasteiger charge is 2.09. The predicted octanol–water partition coefficient (Wildman–Crippen LogP) is 2.09. The minimum atomic E-state index is -0.138. The van der Waals surface area contributed by atoms with Gasteiger partial charge in [-0.2, -0.15) is 0 Å². The molecule has 1 amide bonds. The van der Waals surface area contributed by atoms with Crippen LogP contribution in [0.5, 0.6) is 5.75 Å². The van der Waals surface area contributed by atoms with Crippen LogP contribution in [-0.4, -0.2) is 24.0 Å². The fourth-order valence-corrected chi connectivity index (χ4v) is 1.92. The molecular formula is C16H19N3O2. The molecule has 0 aliphatic carbocycles. The number of benzene rings is 1. The molecule has 0 unspecified atom stereocenters. The van der Waals surface area contributed by atoms with Crippen molar-refractivity contribution < 1.29 is 9.53 Å². The molecule has 0 bridgehead atoms. The molecule has 2 aromatic rings. The summed E-state index contributed by atoms with van der Waals surface area (Å²) in [6.45, 7) is 4.55. The first kappa shape index (κ1) is 14.8. The lowest BCUT2D eigenvalue weighted by atomic mass is 10.2. The number of amides is 1. The zero-order valence-electron chi connectivity index (χ0n) is 12.2. The quantitative estimate of drug-likeness (QED) is 0.651. The molecule has 0 fully saturated rings. The summed E-state index contributed by atoms with van der Waals surface area (Å²) in [4.78, 5) is 16.3. The highest BCUT2D eigenvalue weighted by Crippen LogP contribution is 2.12. The number of aromatic nitrogens is 1. The van der Waals surface area contributed by atoms with Gasteiger partial charge in [-0.3, -0.25) is 9.78 Å². The van der Waals surface area contributed by atoms with Crippen LogP contribution in [0, 0.1) is 13.8 Å². The molecule has 0 aliphatic heterocycles. The second kappa shape index (κ2) is 6.74. The number of pyridine rings is 1. The van der Waals surface area contributed by atoms with Crippen LogP contribution >= 0.6 is 0 Å². The van der Waals surface area contributed by atoms with Crippen molar-refractivity contribution in [1.82, 2.24) is 10.3 Å². The molecule has 2 rings (SSSR count). The van der Waals surface area contributed by atoms with Gasteiger partial charge in [0, 0.05) is 11.4 Å². The van der Waals surface area contributed by atoms with Gasteiger partial charge >= 0.3 is 0 Å². The molecule has 0 spiro atoms. The van der Waals surface area contributed by atoms with E-state index in [4.69, 9.17) is 10.5 Å². The molecule has 1 aromatic carbocycles. The van der Waals surface area contributed by atoms with Gasteiger partial charge < -0.3 is 15.8 Å². The lowest BCUT2D eigenvalue weighted by Gasteiger charge is -2.09. The van der Waals surface area contributed by atoms with Crippen LogP contribution in [0.2, 0.25) is 0 Å². The molecule has 21 heavy (non-hydrogen) atoms. The molecule has 0 aliphatic rings. The summed E-state index contributed by atoms with van der Waals surface area (Å²) in [5, 5.41) is 2.81. The van der Waals surface area contributed by atoms with Crippen molar-refractivity contribution in [2.75, 3.05) is 18.9 Å². The Morgan fingerprint density at radius 2 is 1.90 bits per heavy atom. The number of anilines is 1. The first-order chi connectivity index (χ1) is 10.1. The Bertz CT molecular complexity index is 624. The van der Waals surface area contributed by atoms with E-state index in [1.807, 2.05) is 19.9 Å². The number of hydrogen-bond acceptors (Lipinski definition) is 4. The van der Waals surface area contributed by atoms with Crippen molar-refractivity contribution >= 4 is 11.6 Å². The second-order valence-electron chi connectivity index (χ2n) is 4.76. The largest absolute Gasteiger partial charge is 0.492 e. The average molecular weight is 285 g/mol. The zero-order chi connectivity index (χ0) is 15.2. The number of aryl methyl sites for hydroxylation is 2. The SMILES string of the molecule is Cc1ccc(C(=O)NCCOc2ccc(N)cc2)c(C)n1. The van der Waals surface area contributed by atoms with Gasteiger partial charge in [0.05, 0.1) is 17.8 Å². The van der Waals surface area contributed by atoms with Gasteiger partial charge in [0.25, 0.3) is 5.91 Å². The van der Waals surface area contributed by atoms with E-state index in [2.05, 4.69) is 10.3 Å². The minimum Gasteiger partial charge on any atom is -0.492 e. The smallest absolute Gasteiger partial charge is 0.253 e. The van der Waals surface area contributed by atoms with Gasteiger partial charge in [0.15, 0.2) is 0 Å². The van der Waals surface area contributed by atoms with Crippen LogP contribution in [0.15, 0.2) is 36.4 Å². The van der Waals surface area contributed by atoms with Crippen molar-refractivity contribution in [2.24, 2.45) is 0 Å². The summed E-state index contributed by atoms with van der Waals surface area (Å²) in [6, 6.07) is 10.8. The molecular weight excluding hydrogens is 266 g/mol. The van der Waals surface area contributed by atoms with Crippen LogP contribution in [-0.2, 0) is 0 Å². The Labute approximate surface area is 124 Å². The van der Waals surface area contributed by atoms with E-state index < -0.39 is 0 Å². The van der Waals surface area contributed by atoms with E-state index in [1.165, 1.54) is 0 Å². The van der Waals surface area contributed by atoms with Crippen LogP contribution in [0.3, 0.4) is 0 Å². The van der Waals surface area contributed by atoms with Gasteiger partial charge in [-0.15, -0.1) is 0 Å². The van der Waals surface area contributed by atoms with E-state index in [-0.39, 0.29) is 5.91 Å². The number of carbonyl (C=O) groups excluding carboxylic acids is 1. The van der Waals surface area contributed by atoms with Crippen molar-refractivity contribution in [3.63, 3.8) is 0 Å². The summed E-state index contributed by atoms with van der Waals surface area (Å²) >= 11 is 0. The Hall–Kier alpha value is -2.56. The maximum absolute atomic E-state index is 12.0. The predicted molar refractivity (Wildman–Crippen MR) is 82.4 cm³/mol. The number of carbonyl (C=O) groups is 1. The summed E-state index contributed by atoms with van der Waals surface area (Å²) in [5.41, 5.74) is 8.50. The van der Waals surface area contributed by atoms with Gasteiger partial charge in [0.1, 0.15) is 12.4 Å². The van der Waals surface area contributed by atoms with Gasteiger partial charge in [-0.25, -0.2) is 0 Å². The Kier molecular flexibility index (Phi) is 4.77. The third-order valence-corrected chi connectivity index (χ3v) is 3.01. The number of hydrogen-bond donors (Lipinski definition) is 2. The number of nitrogens with two attached hydrogens (primary N) is 1. The van der Waals surface area contributed by atoms with E-state index in [0.29, 0.717) is 24.4 Å². The van der Waals surface area contributed by atoms with E-state index >= 15 is 0 Å². The molecule has 1 aromatic heterocycles. The normalized spacial score (nSPS) is 10.2. The summed E-state index contributed by atoms with van der Waals surface area (Å²) in [7, 11) is 0. The lowest BCUT2D eigenvalue weighted by molar-refractivity contribution is 0.0946. The first-order valence-corrected chi connectivity index (χ1v) is 6.77. The monoisotopic (exact) mass is 285 g/mol. The topological polar surface area (TPSA) is 77.2 Å². The third-order valence-electron chi connectivity index (χ3n) is 3.01. The molecule has 0 saturated carbocycles. The number of nitrogens with zero attached hydrogens (tertiary/aromatic N) is 1. The number of nitrogens with one attached hydrogen (secondary N) is 1. The molecule has 0 radical (unpaired) electrons. The molecule has 5 nitrogen and oxygen atoms in total. The highest BCUT2D eigenvalue weighted by atomic mass is 16.5. The Balaban J connectivity index is 1.80. The first-order valence-electron chi connectivity index (χ1n) is 6.77. The zero-order valence-corrected chi connectivity index (χ0v) is 12.2. The summed E-state index contributed by atoms with van der Waals surface area (Å²) in [5.74, 6) is 0.590. The van der Waals surface area contributed by atoms with Crippen LogP contribution < -0.4 is 15.8 Å². The van der Waals surface area contributed by atoms with Gasteiger partial charge in [-0.05, 0) is 50.2 Å². The number of rotatable bonds is 5. The summed E-state index contributed by atoms with van der Waals surface area (Å²) in [6.07, 6.45) is 0. The fraction of sp³-hybridized carbons (Fsp3) is 0.250. The maximum Gasteiger partial charge on any atom is 0.253 e. The maximum atomic E-state index is 12.0. The fourth-order valence-electron chi connectivity index (χ4n) is 1.92. The van der Waals surface area contributed by atoms with Crippen LogP contribution in [0.25, 0.3) is 0 Å². The highest BCUT2D eigenvalue weighted by molar-refractivity contribution is 5.95. The average Bonchev–Trinajstić information content (AvgIpc) is 2.45. The third kappa shape index (κ3) is 4.21. The van der Waals surface area contributed by atoms with Crippen LogP contribution in [0.4, 0.5) is 5.69 Å². The van der Waals surface area contributed by atoms with E-state index in [1.54, 1.807) is 30.3 Å². The Morgan fingerprint density at radius 3 is 2.57 bits per heavy atom. The molecule has 3 N–H and O–H groups in total. The Morgan fingerprint density at radius 1 is 1.19 bits per heavy atom. The molecule has 110 valence electrons. The van der Waals surface area contributed by atoms with Gasteiger partial charge in [-0.1, -0.05) is 0 Å². The van der Waals surface area contributed by atoms with Gasteiger partial charge in [0.2, 0.25) is 0 Å². The minimum absolute atomic E-state index is 0.138. The van der Waals surface area contributed by atoms with Crippen molar-refractivity contribution in [3.05, 3.63) is 53.3 Å². The van der Waals surface area contributed by atoms with Crippen molar-refractivity contribution in [2.45, 2.75) is 13.8 Å². The lowest BCUT2D eigenvalue weighted by Crippen LogP contribution is -2.28. The molecule has 0 saturated heterocycles. The standard InChI is InChI=1S/C16H19N3O2/c1-11-3-8-15(12(2)19-11)16(20)18-9-10-21-14-6-4-13(17)5-7-14/h3-8H,9-10,17H2,1-2H3,(H,18,20). The van der Waals surface area contributed by atoms with Crippen molar-refractivity contribution in [3.8, 4) is 5.75 Å². The van der Waals surface area contributed by atoms with E-state index in [0.717, 1.165) is 17.1 Å². The second-order valence-corrected chi connectivity index (χ2v) is 4.76. The van der Waals surface area contributed by atoms with Crippen molar-refractivity contribution in [1.29, 1.82) is 0 Å². The molecule has 0 atom stereocenters. The van der Waals surface area contributed by atoms with E-state index in [9.17, 15) is 4.79 Å². The molecule has 1 heterocycles. The van der Waals surface area contributed by atoms with Crippen LogP contribution in [0.1, 0.15) is 21.7 Å².